The molecule has 4 rings (SSSR count). The third-order valence-corrected chi connectivity index (χ3v) is 4.54. The quantitative estimate of drug-likeness (QED) is 0.742. The van der Waals surface area contributed by atoms with Gasteiger partial charge >= 0.3 is 0 Å². The average Bonchev–Trinajstić information content (AvgIpc) is 3.22. The molecule has 6 heteroatoms. The van der Waals surface area contributed by atoms with E-state index in [0.717, 1.165) is 11.1 Å². The van der Waals surface area contributed by atoms with Gasteiger partial charge in [-0.15, -0.1) is 0 Å². The Hall–Kier alpha value is -3.28. The lowest BCUT2D eigenvalue weighted by molar-refractivity contribution is 0.102. The molecule has 2 heterocycles. The van der Waals surface area contributed by atoms with Gasteiger partial charge < -0.3 is 15.2 Å². The van der Waals surface area contributed by atoms with E-state index in [1.807, 2.05) is 61.1 Å². The van der Waals surface area contributed by atoms with Crippen LogP contribution >= 0.6 is 0 Å². The Balaban J connectivity index is 1.54. The van der Waals surface area contributed by atoms with Crippen molar-refractivity contribution in [2.75, 3.05) is 5.32 Å². The number of phenolic OH excluding ortho intramolecular Hbond substituents is 1. The predicted molar refractivity (Wildman–Crippen MR) is 102 cm³/mol. The molecule has 0 radical (unpaired) electrons. The summed E-state index contributed by atoms with van der Waals surface area (Å²) in [7, 11) is 0. The number of amides is 1. The van der Waals surface area contributed by atoms with Gasteiger partial charge in [-0.3, -0.25) is 9.48 Å². The molecule has 0 fully saturated rings. The molecule has 2 aromatic carbocycles. The summed E-state index contributed by atoms with van der Waals surface area (Å²) in [4.78, 5) is 12.7. The summed E-state index contributed by atoms with van der Waals surface area (Å²) in [5.74, 6) is -0.0804. The second-order valence-corrected chi connectivity index (χ2v) is 7.35. The number of rotatable bonds is 4. The maximum absolute atomic E-state index is 12.7. The van der Waals surface area contributed by atoms with Crippen LogP contribution < -0.4 is 10.1 Å². The number of fused-ring (bicyclic) bond motifs is 1. The molecular formula is C21H21N3O3. The fraction of sp³-hybridized carbons (Fsp3) is 0.238. The van der Waals surface area contributed by atoms with Gasteiger partial charge in [-0.1, -0.05) is 18.2 Å². The minimum atomic E-state index is -0.379. The first kappa shape index (κ1) is 17.1. The summed E-state index contributed by atoms with van der Waals surface area (Å²) < 4.78 is 7.62. The standard InChI is InChI=1S/C21H21N3O3/c1-21(2)12-15-7-8-17(18(25)19(15)27-21)20(26)23-16-6-3-5-14(11-16)13-24-10-4-9-22-24/h3-11,25H,12-13H2,1-2H3,(H,23,26). The zero-order valence-electron chi connectivity index (χ0n) is 15.3. The van der Waals surface area contributed by atoms with E-state index in [9.17, 15) is 9.90 Å². The van der Waals surface area contributed by atoms with Gasteiger partial charge in [-0.2, -0.15) is 5.10 Å². The number of nitrogens with zero attached hydrogens (tertiary/aromatic N) is 2. The fourth-order valence-electron chi connectivity index (χ4n) is 3.35. The highest BCUT2D eigenvalue weighted by Crippen LogP contribution is 2.43. The van der Waals surface area contributed by atoms with E-state index in [1.54, 1.807) is 12.3 Å². The summed E-state index contributed by atoms with van der Waals surface area (Å²) in [6.07, 6.45) is 4.31. The Labute approximate surface area is 157 Å². The van der Waals surface area contributed by atoms with Gasteiger partial charge in [0.15, 0.2) is 11.5 Å². The molecule has 1 aliphatic rings. The molecule has 0 aliphatic carbocycles. The number of phenols is 1. The largest absolute Gasteiger partial charge is 0.504 e. The van der Waals surface area contributed by atoms with Crippen molar-refractivity contribution in [3.8, 4) is 11.5 Å². The number of nitrogens with one attached hydrogen (secondary N) is 1. The smallest absolute Gasteiger partial charge is 0.259 e. The first-order valence-electron chi connectivity index (χ1n) is 8.83. The average molecular weight is 363 g/mol. The minimum absolute atomic E-state index is 0.108. The summed E-state index contributed by atoms with van der Waals surface area (Å²) in [6.45, 7) is 4.53. The van der Waals surface area contributed by atoms with E-state index < -0.39 is 0 Å². The van der Waals surface area contributed by atoms with Gasteiger partial charge in [0.25, 0.3) is 5.91 Å². The number of hydrogen-bond acceptors (Lipinski definition) is 4. The topological polar surface area (TPSA) is 76.4 Å². The molecule has 1 aliphatic heterocycles. The minimum Gasteiger partial charge on any atom is -0.504 e. The molecule has 0 saturated heterocycles. The first-order chi connectivity index (χ1) is 12.9. The van der Waals surface area contributed by atoms with Crippen molar-refractivity contribution < 1.29 is 14.6 Å². The molecule has 0 spiro atoms. The number of benzene rings is 2. The van der Waals surface area contributed by atoms with E-state index in [1.165, 1.54) is 0 Å². The van der Waals surface area contributed by atoms with Crippen molar-refractivity contribution in [2.45, 2.75) is 32.4 Å². The number of aromatic nitrogens is 2. The summed E-state index contributed by atoms with van der Waals surface area (Å²) in [5, 5.41) is 17.6. The van der Waals surface area contributed by atoms with Crippen LogP contribution in [0.2, 0.25) is 0 Å². The van der Waals surface area contributed by atoms with Crippen LogP contribution in [0.5, 0.6) is 11.5 Å². The van der Waals surface area contributed by atoms with Gasteiger partial charge in [-0.25, -0.2) is 0 Å². The van der Waals surface area contributed by atoms with Crippen molar-refractivity contribution in [3.05, 3.63) is 71.5 Å². The molecule has 1 amide bonds. The number of hydrogen-bond donors (Lipinski definition) is 2. The molecule has 0 bridgehead atoms. The maximum Gasteiger partial charge on any atom is 0.259 e. The van der Waals surface area contributed by atoms with E-state index in [0.29, 0.717) is 24.4 Å². The highest BCUT2D eigenvalue weighted by molar-refractivity contribution is 6.06. The van der Waals surface area contributed by atoms with E-state index in [4.69, 9.17) is 4.74 Å². The second kappa shape index (κ2) is 6.46. The lowest BCUT2D eigenvalue weighted by Crippen LogP contribution is -2.24. The highest BCUT2D eigenvalue weighted by Gasteiger charge is 2.33. The van der Waals surface area contributed by atoms with Crippen molar-refractivity contribution in [1.82, 2.24) is 9.78 Å². The van der Waals surface area contributed by atoms with Crippen LogP contribution in [0.4, 0.5) is 5.69 Å². The van der Waals surface area contributed by atoms with Gasteiger partial charge in [0, 0.05) is 30.1 Å². The first-order valence-corrected chi connectivity index (χ1v) is 8.83. The number of carbonyl (C=O) groups is 1. The SMILES string of the molecule is CC1(C)Cc2ccc(C(=O)Nc3cccc(Cn4cccn4)c3)c(O)c2O1. The van der Waals surface area contributed by atoms with Crippen LogP contribution in [0.15, 0.2) is 54.9 Å². The summed E-state index contributed by atoms with van der Waals surface area (Å²) >= 11 is 0. The molecule has 27 heavy (non-hydrogen) atoms. The molecule has 0 saturated carbocycles. The Morgan fingerprint density at radius 3 is 2.93 bits per heavy atom. The van der Waals surface area contributed by atoms with Crippen LogP contribution in [0.1, 0.15) is 35.3 Å². The Morgan fingerprint density at radius 1 is 1.30 bits per heavy atom. The fourth-order valence-corrected chi connectivity index (χ4v) is 3.35. The molecule has 0 unspecified atom stereocenters. The van der Waals surface area contributed by atoms with Crippen LogP contribution in [-0.4, -0.2) is 26.4 Å². The second-order valence-electron chi connectivity index (χ2n) is 7.35. The van der Waals surface area contributed by atoms with E-state index in [2.05, 4.69) is 10.4 Å². The summed E-state index contributed by atoms with van der Waals surface area (Å²) in [5.41, 5.74) is 2.40. The zero-order chi connectivity index (χ0) is 19.0. The van der Waals surface area contributed by atoms with Crippen molar-refractivity contribution >= 4 is 11.6 Å². The number of ether oxygens (including phenoxy) is 1. The number of aromatic hydroxyl groups is 1. The van der Waals surface area contributed by atoms with Gasteiger partial charge in [-0.05, 0) is 43.7 Å². The van der Waals surface area contributed by atoms with Crippen LogP contribution in [0.25, 0.3) is 0 Å². The van der Waals surface area contributed by atoms with Crippen molar-refractivity contribution in [3.63, 3.8) is 0 Å². The molecule has 6 nitrogen and oxygen atoms in total. The van der Waals surface area contributed by atoms with Crippen LogP contribution in [0, 0.1) is 0 Å². The third kappa shape index (κ3) is 3.51. The lowest BCUT2D eigenvalue weighted by atomic mass is 10.0. The highest BCUT2D eigenvalue weighted by atomic mass is 16.5. The molecular weight excluding hydrogens is 342 g/mol. The molecule has 0 atom stereocenters. The lowest BCUT2D eigenvalue weighted by Gasteiger charge is -2.17. The normalized spacial score (nSPS) is 14.4. The number of carbonyl (C=O) groups excluding carboxylic acids is 1. The van der Waals surface area contributed by atoms with Gasteiger partial charge in [0.05, 0.1) is 12.1 Å². The third-order valence-electron chi connectivity index (χ3n) is 4.54. The van der Waals surface area contributed by atoms with Crippen LogP contribution in [0.3, 0.4) is 0 Å². The monoisotopic (exact) mass is 363 g/mol. The van der Waals surface area contributed by atoms with Crippen molar-refractivity contribution in [1.29, 1.82) is 0 Å². The molecule has 1 aromatic heterocycles. The van der Waals surface area contributed by atoms with Gasteiger partial charge in [0.1, 0.15) is 5.60 Å². The molecule has 138 valence electrons. The Morgan fingerprint density at radius 2 is 2.15 bits per heavy atom. The molecule has 2 N–H and O–H groups in total. The number of anilines is 1. The zero-order valence-corrected chi connectivity index (χ0v) is 15.3. The van der Waals surface area contributed by atoms with Gasteiger partial charge in [0.2, 0.25) is 0 Å². The van der Waals surface area contributed by atoms with Crippen molar-refractivity contribution in [2.24, 2.45) is 0 Å². The van der Waals surface area contributed by atoms with Crippen LogP contribution in [-0.2, 0) is 13.0 Å². The predicted octanol–water partition coefficient (Wildman–Crippen LogP) is 3.60. The Bertz CT molecular complexity index is 994. The maximum atomic E-state index is 12.7. The van der Waals surface area contributed by atoms with E-state index >= 15 is 0 Å². The van der Waals surface area contributed by atoms with E-state index in [-0.39, 0.29) is 22.8 Å². The Kier molecular flexibility index (Phi) is 4.11. The summed E-state index contributed by atoms with van der Waals surface area (Å²) in [6, 6.07) is 12.9. The molecule has 3 aromatic rings.